The molecule has 1 atom stereocenters. The third kappa shape index (κ3) is 5.26. The van der Waals surface area contributed by atoms with Gasteiger partial charge in [-0.1, -0.05) is 12.1 Å². The summed E-state index contributed by atoms with van der Waals surface area (Å²) in [6.45, 7) is 1.75. The highest BCUT2D eigenvalue weighted by Gasteiger charge is 2.30. The van der Waals surface area contributed by atoms with Gasteiger partial charge in [0.25, 0.3) is 5.91 Å². The molecule has 138 valence electrons. The van der Waals surface area contributed by atoms with Crippen molar-refractivity contribution in [2.24, 2.45) is 0 Å². The number of hydrogen-bond acceptors (Lipinski definition) is 3. The Balaban J connectivity index is 2.13. The second kappa shape index (κ2) is 8.27. The van der Waals surface area contributed by atoms with Crippen LogP contribution < -0.4 is 10.6 Å². The van der Waals surface area contributed by atoms with E-state index in [1.807, 2.05) is 6.26 Å². The lowest BCUT2D eigenvalue weighted by Gasteiger charge is -2.12. The van der Waals surface area contributed by atoms with E-state index in [-0.39, 0.29) is 22.4 Å². The average Bonchev–Trinajstić information content (AvgIpc) is 2.60. The lowest BCUT2D eigenvalue weighted by atomic mass is 10.1. The molecule has 0 bridgehead atoms. The fourth-order valence-corrected chi connectivity index (χ4v) is 2.34. The smallest absolute Gasteiger partial charge is 0.325 e. The number of carbonyl (C=O) groups excluding carboxylic acids is 2. The quantitative estimate of drug-likeness (QED) is 0.792. The Kier molecular flexibility index (Phi) is 6.31. The van der Waals surface area contributed by atoms with E-state index in [1.165, 1.54) is 36.0 Å². The number of rotatable bonds is 5. The van der Waals surface area contributed by atoms with E-state index < -0.39 is 17.6 Å². The summed E-state index contributed by atoms with van der Waals surface area (Å²) in [7, 11) is 0. The molecule has 0 radical (unpaired) electrons. The maximum absolute atomic E-state index is 12.7. The summed E-state index contributed by atoms with van der Waals surface area (Å²) in [6, 6.07) is 10.6. The minimum absolute atomic E-state index is 0.0373. The van der Waals surface area contributed by atoms with Gasteiger partial charge >= 0.3 is 6.18 Å². The minimum Gasteiger partial charge on any atom is -0.325 e. The molecule has 2 rings (SSSR count). The summed E-state index contributed by atoms with van der Waals surface area (Å²) in [6.07, 6.45) is -2.68. The number of nitrogens with one attached hydrogen (secondary N) is 2. The SMILES string of the molecule is CSC(C)C(=O)Nc1cccc(C(=O)Nc2cccc(C(F)(F)F)c2)c1. The van der Waals surface area contributed by atoms with Crippen LogP contribution in [0.5, 0.6) is 0 Å². The zero-order chi connectivity index (χ0) is 19.3. The van der Waals surface area contributed by atoms with Crippen LogP contribution in [0.4, 0.5) is 24.5 Å². The van der Waals surface area contributed by atoms with Crippen LogP contribution >= 0.6 is 11.8 Å². The van der Waals surface area contributed by atoms with Gasteiger partial charge in [0.05, 0.1) is 10.8 Å². The normalized spacial score (nSPS) is 12.3. The molecular formula is C18H17F3N2O2S. The van der Waals surface area contributed by atoms with Gasteiger partial charge in [-0.25, -0.2) is 0 Å². The molecular weight excluding hydrogens is 365 g/mol. The molecule has 26 heavy (non-hydrogen) atoms. The fraction of sp³-hybridized carbons (Fsp3) is 0.222. The Morgan fingerprint density at radius 3 is 2.23 bits per heavy atom. The van der Waals surface area contributed by atoms with Crippen molar-refractivity contribution in [3.63, 3.8) is 0 Å². The molecule has 0 spiro atoms. The van der Waals surface area contributed by atoms with Crippen molar-refractivity contribution in [2.45, 2.75) is 18.3 Å². The zero-order valence-corrected chi connectivity index (χ0v) is 14.9. The molecule has 2 aromatic rings. The standard InChI is InChI=1S/C18H17F3N2O2S/c1-11(26-2)16(24)22-14-7-3-5-12(9-14)17(25)23-15-8-4-6-13(10-15)18(19,20)21/h3-11H,1-2H3,(H,22,24)(H,23,25). The van der Waals surface area contributed by atoms with E-state index >= 15 is 0 Å². The molecule has 2 N–H and O–H groups in total. The lowest BCUT2D eigenvalue weighted by molar-refractivity contribution is -0.137. The summed E-state index contributed by atoms with van der Waals surface area (Å²) < 4.78 is 38.2. The Morgan fingerprint density at radius 1 is 1.00 bits per heavy atom. The van der Waals surface area contributed by atoms with Gasteiger partial charge in [-0.3, -0.25) is 9.59 Å². The van der Waals surface area contributed by atoms with E-state index in [0.29, 0.717) is 5.69 Å². The highest BCUT2D eigenvalue weighted by Crippen LogP contribution is 2.30. The van der Waals surface area contributed by atoms with Gasteiger partial charge in [-0.05, 0) is 49.6 Å². The second-order valence-corrected chi connectivity index (χ2v) is 6.66. The zero-order valence-electron chi connectivity index (χ0n) is 14.1. The molecule has 0 aliphatic heterocycles. The van der Waals surface area contributed by atoms with Gasteiger partial charge in [0.15, 0.2) is 0 Å². The largest absolute Gasteiger partial charge is 0.416 e. The summed E-state index contributed by atoms with van der Waals surface area (Å²) in [4.78, 5) is 24.2. The first-order valence-electron chi connectivity index (χ1n) is 7.63. The van der Waals surface area contributed by atoms with Crippen molar-refractivity contribution in [2.75, 3.05) is 16.9 Å². The minimum atomic E-state index is -4.49. The summed E-state index contributed by atoms with van der Waals surface area (Å²) >= 11 is 1.38. The Hall–Kier alpha value is -2.48. The van der Waals surface area contributed by atoms with Crippen molar-refractivity contribution in [3.05, 3.63) is 59.7 Å². The molecule has 2 amide bonds. The highest BCUT2D eigenvalue weighted by molar-refractivity contribution is 7.99. The van der Waals surface area contributed by atoms with Crippen LogP contribution in [-0.2, 0) is 11.0 Å². The molecule has 0 saturated carbocycles. The van der Waals surface area contributed by atoms with Gasteiger partial charge in [0, 0.05) is 16.9 Å². The van der Waals surface area contributed by atoms with E-state index in [0.717, 1.165) is 12.1 Å². The Bertz CT molecular complexity index is 809. The number of hydrogen-bond donors (Lipinski definition) is 2. The number of benzene rings is 2. The summed E-state index contributed by atoms with van der Waals surface area (Å²) in [5.74, 6) is -0.772. The predicted molar refractivity (Wildman–Crippen MR) is 97.4 cm³/mol. The molecule has 0 saturated heterocycles. The van der Waals surface area contributed by atoms with Crippen molar-refractivity contribution in [1.82, 2.24) is 0 Å². The van der Waals surface area contributed by atoms with Gasteiger partial charge < -0.3 is 10.6 Å². The molecule has 8 heteroatoms. The number of amides is 2. The van der Waals surface area contributed by atoms with E-state index in [1.54, 1.807) is 19.1 Å². The van der Waals surface area contributed by atoms with E-state index in [4.69, 9.17) is 0 Å². The number of thioether (sulfide) groups is 1. The van der Waals surface area contributed by atoms with Crippen molar-refractivity contribution < 1.29 is 22.8 Å². The number of alkyl halides is 3. The van der Waals surface area contributed by atoms with Crippen molar-refractivity contribution in [3.8, 4) is 0 Å². The molecule has 0 aromatic heterocycles. The number of anilines is 2. The van der Waals surface area contributed by atoms with E-state index in [2.05, 4.69) is 10.6 Å². The van der Waals surface area contributed by atoms with Crippen LogP contribution in [0, 0.1) is 0 Å². The molecule has 4 nitrogen and oxygen atoms in total. The van der Waals surface area contributed by atoms with Crippen LogP contribution in [0.3, 0.4) is 0 Å². The van der Waals surface area contributed by atoms with Crippen LogP contribution in [0.15, 0.2) is 48.5 Å². The van der Waals surface area contributed by atoms with Crippen molar-refractivity contribution in [1.29, 1.82) is 0 Å². The van der Waals surface area contributed by atoms with Gasteiger partial charge in [0.1, 0.15) is 0 Å². The van der Waals surface area contributed by atoms with Crippen LogP contribution in [0.25, 0.3) is 0 Å². The molecule has 2 aromatic carbocycles. The summed E-state index contributed by atoms with van der Waals surface area (Å²) in [5.41, 5.74) is -0.151. The first-order chi connectivity index (χ1) is 12.2. The lowest BCUT2D eigenvalue weighted by Crippen LogP contribution is -2.22. The first kappa shape index (κ1) is 19.8. The fourth-order valence-electron chi connectivity index (χ4n) is 2.07. The van der Waals surface area contributed by atoms with Crippen molar-refractivity contribution >= 4 is 35.0 Å². The van der Waals surface area contributed by atoms with E-state index in [9.17, 15) is 22.8 Å². The molecule has 0 aliphatic carbocycles. The summed E-state index contributed by atoms with van der Waals surface area (Å²) in [5, 5.41) is 4.87. The van der Waals surface area contributed by atoms with Gasteiger partial charge in [-0.2, -0.15) is 24.9 Å². The predicted octanol–water partition coefficient (Wildman–Crippen LogP) is 4.65. The Labute approximate surface area is 153 Å². The van der Waals surface area contributed by atoms with Crippen LogP contribution in [0.1, 0.15) is 22.8 Å². The average molecular weight is 382 g/mol. The Morgan fingerprint density at radius 2 is 1.62 bits per heavy atom. The maximum atomic E-state index is 12.7. The van der Waals surface area contributed by atoms with Gasteiger partial charge in [0.2, 0.25) is 5.91 Å². The first-order valence-corrected chi connectivity index (χ1v) is 8.92. The highest BCUT2D eigenvalue weighted by atomic mass is 32.2. The molecule has 1 unspecified atom stereocenters. The maximum Gasteiger partial charge on any atom is 0.416 e. The molecule has 0 fully saturated rings. The third-order valence-corrected chi connectivity index (χ3v) is 4.48. The molecule has 0 aliphatic rings. The third-order valence-electron chi connectivity index (χ3n) is 3.56. The second-order valence-electron chi connectivity index (χ2n) is 5.48. The van der Waals surface area contributed by atoms with Crippen LogP contribution in [-0.4, -0.2) is 23.3 Å². The monoisotopic (exact) mass is 382 g/mol. The number of halogens is 3. The van der Waals surface area contributed by atoms with Crippen LogP contribution in [0.2, 0.25) is 0 Å². The number of carbonyl (C=O) groups is 2. The topological polar surface area (TPSA) is 58.2 Å². The molecule has 0 heterocycles. The van der Waals surface area contributed by atoms with Gasteiger partial charge in [-0.15, -0.1) is 0 Å².